The van der Waals surface area contributed by atoms with Crippen LogP contribution in [0.25, 0.3) is 0 Å². The van der Waals surface area contributed by atoms with Crippen molar-refractivity contribution in [3.63, 3.8) is 0 Å². The molecule has 20 heavy (non-hydrogen) atoms. The first-order chi connectivity index (χ1) is 9.65. The lowest BCUT2D eigenvalue weighted by Gasteiger charge is -2.09. The molecular formula is C13H15Cl2N3O2. The zero-order chi connectivity index (χ0) is 14.5. The lowest BCUT2D eigenvalue weighted by molar-refractivity contribution is 0.181. The van der Waals surface area contributed by atoms with Gasteiger partial charge >= 0.3 is 0 Å². The van der Waals surface area contributed by atoms with Gasteiger partial charge < -0.3 is 14.4 Å². The van der Waals surface area contributed by atoms with Crippen LogP contribution in [0.2, 0.25) is 10.0 Å². The highest BCUT2D eigenvalue weighted by Crippen LogP contribution is 2.23. The van der Waals surface area contributed by atoms with E-state index in [0.717, 1.165) is 11.4 Å². The monoisotopic (exact) mass is 315 g/mol. The zero-order valence-corrected chi connectivity index (χ0v) is 12.5. The third-order valence-electron chi connectivity index (χ3n) is 2.91. The molecule has 0 unspecified atom stereocenters. The molecule has 0 saturated heterocycles. The first-order valence-corrected chi connectivity index (χ1v) is 6.86. The van der Waals surface area contributed by atoms with E-state index in [2.05, 4.69) is 10.2 Å². The molecule has 0 radical (unpaired) electrons. The molecule has 1 N–H and O–H groups in total. The highest BCUT2D eigenvalue weighted by Gasteiger charge is 2.12. The maximum absolute atomic E-state index is 9.27. The van der Waals surface area contributed by atoms with Gasteiger partial charge in [-0.15, -0.1) is 10.2 Å². The molecule has 0 atom stereocenters. The van der Waals surface area contributed by atoms with E-state index in [1.54, 1.807) is 19.2 Å². The predicted molar refractivity (Wildman–Crippen MR) is 77.1 cm³/mol. The number of aliphatic hydroxyl groups is 1. The van der Waals surface area contributed by atoms with Gasteiger partial charge in [0.15, 0.2) is 5.82 Å². The molecule has 1 aromatic heterocycles. The number of ether oxygens (including phenoxy) is 1. The topological polar surface area (TPSA) is 60.2 Å². The number of aromatic nitrogens is 3. The van der Waals surface area contributed by atoms with Crippen LogP contribution in [-0.2, 0) is 24.3 Å². The second-order valence-electron chi connectivity index (χ2n) is 4.26. The maximum Gasteiger partial charge on any atom is 0.158 e. The lowest BCUT2D eigenvalue weighted by atomic mass is 10.1. The molecule has 0 saturated carbocycles. The highest BCUT2D eigenvalue weighted by molar-refractivity contribution is 6.42. The van der Waals surface area contributed by atoms with Crippen molar-refractivity contribution in [1.82, 2.24) is 14.8 Å². The molecule has 108 valence electrons. The second-order valence-corrected chi connectivity index (χ2v) is 5.07. The molecular weight excluding hydrogens is 301 g/mol. The zero-order valence-electron chi connectivity index (χ0n) is 11.0. The van der Waals surface area contributed by atoms with Gasteiger partial charge in [-0.2, -0.15) is 0 Å². The number of benzene rings is 1. The summed E-state index contributed by atoms with van der Waals surface area (Å²) >= 11 is 11.9. The fraction of sp³-hybridized carbons (Fsp3) is 0.385. The fourth-order valence-corrected chi connectivity index (χ4v) is 2.21. The van der Waals surface area contributed by atoms with Crippen LogP contribution in [-0.4, -0.2) is 33.6 Å². The number of rotatable bonds is 6. The number of nitrogens with zero attached hydrogens (tertiary/aromatic N) is 3. The Balaban J connectivity index is 2.23. The van der Waals surface area contributed by atoms with Gasteiger partial charge in [-0.1, -0.05) is 29.3 Å². The van der Waals surface area contributed by atoms with Gasteiger partial charge in [0.05, 0.1) is 16.7 Å². The van der Waals surface area contributed by atoms with Crippen molar-refractivity contribution >= 4 is 23.2 Å². The van der Waals surface area contributed by atoms with Crippen molar-refractivity contribution in [2.24, 2.45) is 0 Å². The molecule has 0 fully saturated rings. The summed E-state index contributed by atoms with van der Waals surface area (Å²) in [7, 11) is 1.63. The molecule has 0 aliphatic heterocycles. The van der Waals surface area contributed by atoms with Crippen molar-refractivity contribution in [3.05, 3.63) is 45.5 Å². The minimum absolute atomic E-state index is 0.155. The minimum Gasteiger partial charge on any atom is -0.388 e. The molecule has 5 nitrogen and oxygen atoms in total. The molecule has 0 aliphatic rings. The molecule has 2 rings (SSSR count). The Labute approximate surface area is 127 Å². The standard InChI is InChI=1S/C13H15Cl2N3O2/c1-20-5-4-18-12(16-17-13(18)8-19)7-9-2-3-10(14)11(15)6-9/h2-3,6,19H,4-5,7-8H2,1H3. The van der Waals surface area contributed by atoms with Gasteiger partial charge in [-0.05, 0) is 17.7 Å². The van der Waals surface area contributed by atoms with Crippen LogP contribution >= 0.6 is 23.2 Å². The SMILES string of the molecule is COCCn1c(CO)nnc1Cc1ccc(Cl)c(Cl)c1. The third-order valence-corrected chi connectivity index (χ3v) is 3.65. The van der Waals surface area contributed by atoms with Crippen LogP contribution in [0, 0.1) is 0 Å². The number of hydrogen-bond acceptors (Lipinski definition) is 4. The normalized spacial score (nSPS) is 11.0. The van der Waals surface area contributed by atoms with Gasteiger partial charge in [-0.3, -0.25) is 0 Å². The molecule has 0 amide bonds. The molecule has 2 aromatic rings. The van der Waals surface area contributed by atoms with Crippen LogP contribution in [0.5, 0.6) is 0 Å². The van der Waals surface area contributed by atoms with Crippen LogP contribution in [0.1, 0.15) is 17.2 Å². The maximum atomic E-state index is 9.27. The number of halogens is 2. The largest absolute Gasteiger partial charge is 0.388 e. The fourth-order valence-electron chi connectivity index (χ4n) is 1.89. The first-order valence-electron chi connectivity index (χ1n) is 6.10. The Morgan fingerprint density at radius 2 is 1.95 bits per heavy atom. The van der Waals surface area contributed by atoms with Gasteiger partial charge in [0.1, 0.15) is 12.4 Å². The van der Waals surface area contributed by atoms with Crippen molar-refractivity contribution < 1.29 is 9.84 Å². The van der Waals surface area contributed by atoms with E-state index in [1.165, 1.54) is 0 Å². The summed E-state index contributed by atoms with van der Waals surface area (Å²) in [4.78, 5) is 0. The van der Waals surface area contributed by atoms with E-state index in [0.29, 0.717) is 35.4 Å². The van der Waals surface area contributed by atoms with E-state index >= 15 is 0 Å². The van der Waals surface area contributed by atoms with Gasteiger partial charge in [0, 0.05) is 20.1 Å². The second kappa shape index (κ2) is 7.04. The van der Waals surface area contributed by atoms with Crippen molar-refractivity contribution in [2.45, 2.75) is 19.6 Å². The Morgan fingerprint density at radius 1 is 1.20 bits per heavy atom. The predicted octanol–water partition coefficient (Wildman–Crippen LogP) is 2.31. The average molecular weight is 316 g/mol. The molecule has 0 bridgehead atoms. The first kappa shape index (κ1) is 15.3. The van der Waals surface area contributed by atoms with Crippen LogP contribution in [0.4, 0.5) is 0 Å². The Hall–Kier alpha value is -1.14. The number of hydrogen-bond donors (Lipinski definition) is 1. The van der Waals surface area contributed by atoms with Gasteiger partial charge in [0.2, 0.25) is 0 Å². The molecule has 0 spiro atoms. The van der Waals surface area contributed by atoms with Crippen LogP contribution in [0.15, 0.2) is 18.2 Å². The average Bonchev–Trinajstić information content (AvgIpc) is 2.82. The Morgan fingerprint density at radius 3 is 2.60 bits per heavy atom. The Kier molecular flexibility index (Phi) is 5.37. The number of aliphatic hydroxyl groups excluding tert-OH is 1. The summed E-state index contributed by atoms with van der Waals surface area (Å²) in [5.74, 6) is 1.28. The smallest absolute Gasteiger partial charge is 0.158 e. The van der Waals surface area contributed by atoms with E-state index in [1.807, 2.05) is 10.6 Å². The molecule has 0 aliphatic carbocycles. The summed E-state index contributed by atoms with van der Waals surface area (Å²) in [6.45, 7) is 0.966. The quantitative estimate of drug-likeness (QED) is 0.888. The van der Waals surface area contributed by atoms with E-state index in [-0.39, 0.29) is 6.61 Å². The van der Waals surface area contributed by atoms with E-state index in [4.69, 9.17) is 27.9 Å². The van der Waals surface area contributed by atoms with Crippen molar-refractivity contribution in [3.8, 4) is 0 Å². The summed E-state index contributed by atoms with van der Waals surface area (Å²) < 4.78 is 6.91. The molecule has 7 heteroatoms. The third kappa shape index (κ3) is 3.49. The summed E-state index contributed by atoms with van der Waals surface area (Å²) in [5.41, 5.74) is 0.981. The minimum atomic E-state index is -0.155. The van der Waals surface area contributed by atoms with Crippen LogP contribution < -0.4 is 0 Å². The summed E-state index contributed by atoms with van der Waals surface area (Å²) in [6, 6.07) is 5.45. The van der Waals surface area contributed by atoms with E-state index in [9.17, 15) is 5.11 Å². The molecule has 1 aromatic carbocycles. The number of methoxy groups -OCH3 is 1. The molecule has 1 heterocycles. The lowest BCUT2D eigenvalue weighted by Crippen LogP contribution is -2.12. The van der Waals surface area contributed by atoms with Crippen LogP contribution in [0.3, 0.4) is 0 Å². The summed E-state index contributed by atoms with van der Waals surface area (Å²) in [6.07, 6.45) is 0.563. The van der Waals surface area contributed by atoms with Crippen molar-refractivity contribution in [1.29, 1.82) is 0 Å². The highest BCUT2D eigenvalue weighted by atomic mass is 35.5. The van der Waals surface area contributed by atoms with Crippen molar-refractivity contribution in [2.75, 3.05) is 13.7 Å². The van der Waals surface area contributed by atoms with Gasteiger partial charge in [-0.25, -0.2) is 0 Å². The Bertz CT molecular complexity index is 587. The van der Waals surface area contributed by atoms with Gasteiger partial charge in [0.25, 0.3) is 0 Å². The summed E-state index contributed by atoms with van der Waals surface area (Å²) in [5, 5.41) is 18.4. The van der Waals surface area contributed by atoms with E-state index < -0.39 is 0 Å².